The van der Waals surface area contributed by atoms with Crippen LogP contribution in [0.4, 0.5) is 5.69 Å². The number of benzene rings is 2. The van der Waals surface area contributed by atoms with Crippen LogP contribution in [0, 0.1) is 0 Å². The number of nitrogens with one attached hydrogen (secondary N) is 1. The number of anilines is 1. The van der Waals surface area contributed by atoms with Crippen LogP contribution in [-0.4, -0.2) is 5.91 Å². The van der Waals surface area contributed by atoms with Crippen LogP contribution in [0.25, 0.3) is 11.0 Å². The summed E-state index contributed by atoms with van der Waals surface area (Å²) in [5.41, 5.74) is -0.514. The van der Waals surface area contributed by atoms with Crippen molar-refractivity contribution in [1.29, 1.82) is 0 Å². The van der Waals surface area contributed by atoms with Crippen LogP contribution in [0.3, 0.4) is 0 Å². The molecule has 0 saturated heterocycles. The Bertz CT molecular complexity index is 962. The number of carbonyl (C=O) groups excluding carboxylic acids is 1. The molecule has 0 atom stereocenters. The highest BCUT2D eigenvalue weighted by molar-refractivity contribution is 6.40. The molecule has 3 rings (SSSR count). The quantitative estimate of drug-likeness (QED) is 0.647. The minimum Gasteiger partial charge on any atom is -0.421 e. The Kier molecular flexibility index (Phi) is 4.31. The number of halogens is 3. The fourth-order valence-corrected chi connectivity index (χ4v) is 2.78. The lowest BCUT2D eigenvalue weighted by molar-refractivity contribution is 0.102. The molecular weight excluding hydrogens is 361 g/mol. The Morgan fingerprint density at radius 3 is 2.26 bits per heavy atom. The van der Waals surface area contributed by atoms with Crippen molar-refractivity contribution in [3.05, 3.63) is 73.5 Å². The van der Waals surface area contributed by atoms with E-state index in [9.17, 15) is 9.59 Å². The van der Waals surface area contributed by atoms with E-state index in [4.69, 9.17) is 39.2 Å². The van der Waals surface area contributed by atoms with Gasteiger partial charge in [-0.2, -0.15) is 0 Å². The number of hydrogen-bond donors (Lipinski definition) is 1. The SMILES string of the molecule is O=C(Nc1c(Cl)cccc1Cl)c1cc2cccc(Cl)c2oc1=O. The fourth-order valence-electron chi connectivity index (χ4n) is 2.07. The molecule has 0 bridgehead atoms. The highest BCUT2D eigenvalue weighted by Gasteiger charge is 2.17. The maximum atomic E-state index is 12.3. The average molecular weight is 369 g/mol. The molecule has 0 radical (unpaired) electrons. The summed E-state index contributed by atoms with van der Waals surface area (Å²) < 4.78 is 5.13. The monoisotopic (exact) mass is 367 g/mol. The Balaban J connectivity index is 2.05. The van der Waals surface area contributed by atoms with Gasteiger partial charge in [-0.3, -0.25) is 4.79 Å². The zero-order chi connectivity index (χ0) is 16.6. The first-order valence-electron chi connectivity index (χ1n) is 6.45. The molecule has 3 aromatic rings. The molecule has 0 saturated carbocycles. The van der Waals surface area contributed by atoms with E-state index in [1.807, 2.05) is 0 Å². The van der Waals surface area contributed by atoms with Gasteiger partial charge >= 0.3 is 5.63 Å². The molecular formula is C16H8Cl3NO3. The van der Waals surface area contributed by atoms with Crippen molar-refractivity contribution in [1.82, 2.24) is 0 Å². The molecule has 4 nitrogen and oxygen atoms in total. The van der Waals surface area contributed by atoms with Gasteiger partial charge in [0.2, 0.25) is 0 Å². The number of carbonyl (C=O) groups is 1. The highest BCUT2D eigenvalue weighted by atomic mass is 35.5. The smallest absolute Gasteiger partial charge is 0.349 e. The normalized spacial score (nSPS) is 10.7. The molecule has 23 heavy (non-hydrogen) atoms. The molecule has 1 heterocycles. The maximum Gasteiger partial charge on any atom is 0.349 e. The van der Waals surface area contributed by atoms with E-state index in [-0.39, 0.29) is 26.9 Å². The van der Waals surface area contributed by atoms with E-state index in [0.29, 0.717) is 10.4 Å². The molecule has 1 aromatic heterocycles. The number of fused-ring (bicyclic) bond motifs is 1. The van der Waals surface area contributed by atoms with Crippen LogP contribution < -0.4 is 10.9 Å². The second kappa shape index (κ2) is 6.24. The van der Waals surface area contributed by atoms with E-state index in [2.05, 4.69) is 5.32 Å². The van der Waals surface area contributed by atoms with Crippen LogP contribution >= 0.6 is 34.8 Å². The van der Waals surface area contributed by atoms with Gasteiger partial charge < -0.3 is 9.73 Å². The van der Waals surface area contributed by atoms with Crippen molar-refractivity contribution in [2.24, 2.45) is 0 Å². The molecule has 0 spiro atoms. The van der Waals surface area contributed by atoms with Gasteiger partial charge in [0.25, 0.3) is 5.91 Å². The minimum atomic E-state index is -0.800. The predicted octanol–water partition coefficient (Wildman–Crippen LogP) is 5.01. The Morgan fingerprint density at radius 1 is 0.957 bits per heavy atom. The lowest BCUT2D eigenvalue weighted by Crippen LogP contribution is -2.21. The summed E-state index contributed by atoms with van der Waals surface area (Å²) in [6.45, 7) is 0. The zero-order valence-corrected chi connectivity index (χ0v) is 13.7. The van der Waals surface area contributed by atoms with Gasteiger partial charge in [-0.1, -0.05) is 53.0 Å². The van der Waals surface area contributed by atoms with Gasteiger partial charge in [0.15, 0.2) is 5.58 Å². The van der Waals surface area contributed by atoms with E-state index in [1.165, 1.54) is 6.07 Å². The molecule has 1 amide bonds. The standard InChI is InChI=1S/C16H8Cl3NO3/c17-10-4-2-5-11(18)13(10)20-15(21)9-7-8-3-1-6-12(19)14(8)23-16(9)22/h1-7H,(H,20,21). The molecule has 2 aromatic carbocycles. The highest BCUT2D eigenvalue weighted by Crippen LogP contribution is 2.30. The number of rotatable bonds is 2. The number of hydrogen-bond acceptors (Lipinski definition) is 3. The maximum absolute atomic E-state index is 12.3. The molecule has 7 heteroatoms. The van der Waals surface area contributed by atoms with Gasteiger partial charge in [-0.15, -0.1) is 0 Å². The van der Waals surface area contributed by atoms with E-state index in [1.54, 1.807) is 36.4 Å². The van der Waals surface area contributed by atoms with E-state index in [0.717, 1.165) is 0 Å². The molecule has 0 aliphatic rings. The third-order valence-corrected chi connectivity index (χ3v) is 4.09. The van der Waals surface area contributed by atoms with Gasteiger partial charge in [0.1, 0.15) is 5.56 Å². The summed E-state index contributed by atoms with van der Waals surface area (Å²) in [6.07, 6.45) is 0. The first-order chi connectivity index (χ1) is 11.0. The zero-order valence-electron chi connectivity index (χ0n) is 11.4. The summed E-state index contributed by atoms with van der Waals surface area (Å²) in [6, 6.07) is 11.2. The summed E-state index contributed by atoms with van der Waals surface area (Å²) in [7, 11) is 0. The molecule has 0 aliphatic heterocycles. The summed E-state index contributed by atoms with van der Waals surface area (Å²) in [4.78, 5) is 24.4. The van der Waals surface area contributed by atoms with Crippen molar-refractivity contribution in [2.75, 3.05) is 5.32 Å². The van der Waals surface area contributed by atoms with E-state index >= 15 is 0 Å². The first-order valence-corrected chi connectivity index (χ1v) is 7.58. The van der Waals surface area contributed by atoms with Gasteiger partial charge in [-0.25, -0.2) is 4.79 Å². The molecule has 0 aliphatic carbocycles. The van der Waals surface area contributed by atoms with Crippen molar-refractivity contribution in [3.63, 3.8) is 0 Å². The largest absolute Gasteiger partial charge is 0.421 e. The van der Waals surface area contributed by atoms with Crippen molar-refractivity contribution < 1.29 is 9.21 Å². The first kappa shape index (κ1) is 15.9. The van der Waals surface area contributed by atoms with Crippen LogP contribution in [0.5, 0.6) is 0 Å². The Labute approximate surface area is 145 Å². The van der Waals surface area contributed by atoms with E-state index < -0.39 is 11.5 Å². The second-order valence-corrected chi connectivity index (χ2v) is 5.88. The van der Waals surface area contributed by atoms with Crippen molar-refractivity contribution >= 4 is 57.4 Å². The van der Waals surface area contributed by atoms with Crippen LogP contribution in [-0.2, 0) is 0 Å². The lowest BCUT2D eigenvalue weighted by atomic mass is 10.1. The van der Waals surface area contributed by atoms with Crippen LogP contribution in [0.2, 0.25) is 15.1 Å². The summed E-state index contributed by atoms with van der Waals surface area (Å²) in [5, 5.41) is 3.87. The van der Waals surface area contributed by atoms with Crippen LogP contribution in [0.1, 0.15) is 10.4 Å². The second-order valence-electron chi connectivity index (χ2n) is 4.66. The number of para-hydroxylation sites is 2. The van der Waals surface area contributed by atoms with Gasteiger partial charge in [-0.05, 0) is 24.3 Å². The average Bonchev–Trinajstić information content (AvgIpc) is 2.51. The summed E-state index contributed by atoms with van der Waals surface area (Å²) in [5.74, 6) is -0.671. The minimum absolute atomic E-state index is 0.171. The van der Waals surface area contributed by atoms with Gasteiger partial charge in [0, 0.05) is 5.39 Å². The fraction of sp³-hybridized carbons (Fsp3) is 0. The van der Waals surface area contributed by atoms with Gasteiger partial charge in [0.05, 0.1) is 20.8 Å². The third-order valence-electron chi connectivity index (χ3n) is 3.16. The molecule has 1 N–H and O–H groups in total. The summed E-state index contributed by atoms with van der Waals surface area (Å²) >= 11 is 18.0. The predicted molar refractivity (Wildman–Crippen MR) is 91.9 cm³/mol. The molecule has 116 valence electrons. The van der Waals surface area contributed by atoms with Crippen molar-refractivity contribution in [2.45, 2.75) is 0 Å². The third kappa shape index (κ3) is 3.06. The molecule has 0 unspecified atom stereocenters. The number of amides is 1. The van der Waals surface area contributed by atoms with Crippen molar-refractivity contribution in [3.8, 4) is 0 Å². The topological polar surface area (TPSA) is 59.3 Å². The molecule has 0 fully saturated rings. The van der Waals surface area contributed by atoms with Crippen LogP contribution in [0.15, 0.2) is 51.7 Å². The Hall–Kier alpha value is -2.01. The Morgan fingerprint density at radius 2 is 1.57 bits per heavy atom. The lowest BCUT2D eigenvalue weighted by Gasteiger charge is -2.09.